The molecule has 0 saturated heterocycles. The molecule has 2 N–H and O–H groups in total. The Morgan fingerprint density at radius 3 is 2.41 bits per heavy atom. The number of anilines is 1. The highest BCUT2D eigenvalue weighted by Crippen LogP contribution is 2.39. The number of sulfone groups is 1. The molecule has 4 rings (SSSR count). The lowest BCUT2D eigenvalue weighted by molar-refractivity contribution is -0.142. The maximum Gasteiger partial charge on any atom is 0.433 e. The molecule has 1 aliphatic heterocycles. The molecule has 34 heavy (non-hydrogen) atoms. The molecule has 1 aromatic carbocycles. The highest BCUT2D eigenvalue weighted by Gasteiger charge is 2.38. The van der Waals surface area contributed by atoms with Crippen LogP contribution >= 0.6 is 0 Å². The van der Waals surface area contributed by atoms with E-state index in [1.807, 2.05) is 24.5 Å². The van der Waals surface area contributed by atoms with Crippen LogP contribution in [0.3, 0.4) is 0 Å². The third-order valence-electron chi connectivity index (χ3n) is 5.72. The topological polar surface area (TPSA) is 109 Å². The van der Waals surface area contributed by atoms with Gasteiger partial charge in [-0.3, -0.25) is 0 Å². The Hall–Kier alpha value is -2.70. The van der Waals surface area contributed by atoms with Gasteiger partial charge in [-0.05, 0) is 24.1 Å². The lowest BCUT2D eigenvalue weighted by Gasteiger charge is -2.39. The third kappa shape index (κ3) is 4.75. The zero-order valence-electron chi connectivity index (χ0n) is 19.2. The number of hydrogen-bond acceptors (Lipinski definition) is 7. The summed E-state index contributed by atoms with van der Waals surface area (Å²) in [4.78, 5) is 9.86. The minimum Gasteiger partial charge on any atom is -0.400 e. The first-order valence-corrected chi connectivity index (χ1v) is 12.4. The van der Waals surface area contributed by atoms with Crippen LogP contribution in [0.15, 0.2) is 35.4 Å². The van der Waals surface area contributed by atoms with E-state index in [0.717, 1.165) is 36.2 Å². The second kappa shape index (κ2) is 9.51. The maximum absolute atomic E-state index is 13.5. The number of alkyl halides is 3. The van der Waals surface area contributed by atoms with Crippen LogP contribution in [0, 0.1) is 5.92 Å². The summed E-state index contributed by atoms with van der Waals surface area (Å²) in [5, 5.41) is 17.1. The summed E-state index contributed by atoms with van der Waals surface area (Å²) in [5.74, 6) is -0.0512. The Bertz CT molecular complexity index is 1290. The first-order valence-electron chi connectivity index (χ1n) is 10.5. The van der Waals surface area contributed by atoms with Crippen LogP contribution in [0.25, 0.3) is 10.9 Å². The molecule has 2 aromatic heterocycles. The fourth-order valence-electron chi connectivity index (χ4n) is 4.31. The molecule has 12 heteroatoms. The van der Waals surface area contributed by atoms with E-state index in [1.54, 1.807) is 23.1 Å². The Balaban J connectivity index is 0.00000158. The van der Waals surface area contributed by atoms with Crippen LogP contribution in [0.2, 0.25) is 0 Å². The molecular formula is C22H27F3N4O4S. The van der Waals surface area contributed by atoms with Crippen LogP contribution in [-0.4, -0.2) is 53.1 Å². The van der Waals surface area contributed by atoms with Crippen molar-refractivity contribution in [3.63, 3.8) is 0 Å². The SMILES string of the molecule is CC(C)[C@H]1c2cc3ccc(S(C)(=O)=O)cc3n2CCN1c1ncc(CO)c(C(F)(F)F)n1.CO. The van der Waals surface area contributed by atoms with Crippen LogP contribution in [0.4, 0.5) is 19.1 Å². The molecule has 0 fully saturated rings. The normalized spacial score (nSPS) is 16.4. The van der Waals surface area contributed by atoms with E-state index in [-0.39, 0.29) is 28.4 Å². The summed E-state index contributed by atoms with van der Waals surface area (Å²) in [6.45, 7) is 3.89. The van der Waals surface area contributed by atoms with Gasteiger partial charge in [0.1, 0.15) is 0 Å². The van der Waals surface area contributed by atoms with Crippen molar-refractivity contribution in [2.24, 2.45) is 5.92 Å². The average Bonchev–Trinajstić information content (AvgIpc) is 3.15. The van der Waals surface area contributed by atoms with Crippen molar-refractivity contribution in [1.29, 1.82) is 0 Å². The summed E-state index contributed by atoms with van der Waals surface area (Å²) < 4.78 is 66.4. The number of aromatic nitrogens is 3. The molecule has 0 amide bonds. The molecule has 0 radical (unpaired) electrons. The quantitative estimate of drug-likeness (QED) is 0.567. The molecular weight excluding hydrogens is 473 g/mol. The van der Waals surface area contributed by atoms with Gasteiger partial charge in [0.05, 0.1) is 17.5 Å². The van der Waals surface area contributed by atoms with Gasteiger partial charge in [0, 0.05) is 54.8 Å². The molecule has 8 nitrogen and oxygen atoms in total. The maximum atomic E-state index is 13.5. The zero-order chi connectivity index (χ0) is 25.4. The Labute approximate surface area is 195 Å². The predicted octanol–water partition coefficient (Wildman–Crippen LogP) is 3.17. The van der Waals surface area contributed by atoms with Crippen molar-refractivity contribution in [3.8, 4) is 0 Å². The van der Waals surface area contributed by atoms with Crippen molar-refractivity contribution in [1.82, 2.24) is 14.5 Å². The van der Waals surface area contributed by atoms with E-state index >= 15 is 0 Å². The predicted molar refractivity (Wildman–Crippen MR) is 121 cm³/mol. The van der Waals surface area contributed by atoms with Crippen LogP contribution < -0.4 is 4.90 Å². The van der Waals surface area contributed by atoms with Crippen molar-refractivity contribution in [3.05, 3.63) is 47.4 Å². The molecule has 0 spiro atoms. The first kappa shape index (κ1) is 25.9. The van der Waals surface area contributed by atoms with Gasteiger partial charge in [-0.15, -0.1) is 0 Å². The second-order valence-electron chi connectivity index (χ2n) is 8.30. The van der Waals surface area contributed by atoms with Crippen LogP contribution in [-0.2, 0) is 29.2 Å². The molecule has 1 atom stereocenters. The van der Waals surface area contributed by atoms with Crippen molar-refractivity contribution >= 4 is 26.7 Å². The highest BCUT2D eigenvalue weighted by atomic mass is 32.2. The van der Waals surface area contributed by atoms with E-state index in [2.05, 4.69) is 9.97 Å². The molecule has 186 valence electrons. The number of nitrogens with zero attached hydrogens (tertiary/aromatic N) is 4. The number of fused-ring (bicyclic) bond motifs is 3. The van der Waals surface area contributed by atoms with Crippen LogP contribution in [0.5, 0.6) is 0 Å². The molecule has 3 aromatic rings. The molecule has 0 bridgehead atoms. The number of aliphatic hydroxyl groups is 2. The lowest BCUT2D eigenvalue weighted by atomic mass is 9.97. The second-order valence-corrected chi connectivity index (χ2v) is 10.3. The van der Waals surface area contributed by atoms with E-state index in [1.165, 1.54) is 0 Å². The Morgan fingerprint density at radius 2 is 1.85 bits per heavy atom. The monoisotopic (exact) mass is 500 g/mol. The number of halogens is 3. The van der Waals surface area contributed by atoms with Gasteiger partial charge in [-0.2, -0.15) is 13.2 Å². The van der Waals surface area contributed by atoms with E-state index in [4.69, 9.17) is 5.11 Å². The minimum absolute atomic E-state index is 0.00296. The number of aliphatic hydroxyl groups excluding tert-OH is 2. The van der Waals surface area contributed by atoms with E-state index in [9.17, 15) is 26.7 Å². The third-order valence-corrected chi connectivity index (χ3v) is 6.83. The summed E-state index contributed by atoms with van der Waals surface area (Å²) in [6.07, 6.45) is -2.54. The molecule has 0 unspecified atom stereocenters. The minimum atomic E-state index is -4.71. The zero-order valence-corrected chi connectivity index (χ0v) is 20.0. The van der Waals surface area contributed by atoms with Gasteiger partial charge in [0.25, 0.3) is 0 Å². The van der Waals surface area contributed by atoms with Gasteiger partial charge in [-0.25, -0.2) is 18.4 Å². The summed E-state index contributed by atoms with van der Waals surface area (Å²) in [5.41, 5.74) is 0.106. The first-order chi connectivity index (χ1) is 15.9. The Morgan fingerprint density at radius 1 is 1.18 bits per heavy atom. The molecule has 0 saturated carbocycles. The van der Waals surface area contributed by atoms with Crippen molar-refractivity contribution < 1.29 is 31.8 Å². The van der Waals surface area contributed by atoms with Gasteiger partial charge in [0.15, 0.2) is 15.5 Å². The van der Waals surface area contributed by atoms with Gasteiger partial charge < -0.3 is 19.7 Å². The highest BCUT2D eigenvalue weighted by molar-refractivity contribution is 7.90. The van der Waals surface area contributed by atoms with E-state index in [0.29, 0.717) is 13.1 Å². The van der Waals surface area contributed by atoms with Crippen LogP contribution in [0.1, 0.15) is 36.8 Å². The number of benzene rings is 1. The number of hydrogen-bond donors (Lipinski definition) is 2. The van der Waals surface area contributed by atoms with Gasteiger partial charge >= 0.3 is 6.18 Å². The smallest absolute Gasteiger partial charge is 0.400 e. The summed E-state index contributed by atoms with van der Waals surface area (Å²) in [6, 6.07) is 6.55. The standard InChI is InChI=1S/C21H23F3N4O3S.CH4O/c1-12(2)18-17-8-13-4-5-15(32(3,30)31)9-16(13)27(17)6-7-28(18)20-25-10-14(11-29)19(26-20)21(22,23)24;1-2/h4-5,8-10,12,18,29H,6-7,11H2,1-3H3;2H,1H3/t18-;/m0./s1. The van der Waals surface area contributed by atoms with Gasteiger partial charge in [-0.1, -0.05) is 19.9 Å². The van der Waals surface area contributed by atoms with E-state index < -0.39 is 28.3 Å². The summed E-state index contributed by atoms with van der Waals surface area (Å²) >= 11 is 0. The van der Waals surface area contributed by atoms with Crippen molar-refractivity contribution in [2.75, 3.05) is 24.8 Å². The lowest BCUT2D eigenvalue weighted by Crippen LogP contribution is -2.41. The fraction of sp³-hybridized carbons (Fsp3) is 0.455. The number of rotatable bonds is 4. The Kier molecular flexibility index (Phi) is 7.25. The molecule has 3 heterocycles. The fourth-order valence-corrected chi connectivity index (χ4v) is 4.95. The summed E-state index contributed by atoms with van der Waals surface area (Å²) in [7, 11) is -2.38. The van der Waals surface area contributed by atoms with Gasteiger partial charge in [0.2, 0.25) is 5.95 Å². The largest absolute Gasteiger partial charge is 0.433 e. The van der Waals surface area contributed by atoms with Crippen molar-refractivity contribution in [2.45, 2.75) is 44.1 Å². The molecule has 0 aliphatic carbocycles. The average molecular weight is 501 g/mol. The molecule has 1 aliphatic rings.